The maximum atomic E-state index is 8.52. The predicted octanol–water partition coefficient (Wildman–Crippen LogP) is -1.34. The van der Waals surface area contributed by atoms with Crippen molar-refractivity contribution in [3.05, 3.63) is 0 Å². The van der Waals surface area contributed by atoms with Crippen LogP contribution in [0.25, 0.3) is 0 Å². The second-order valence-electron chi connectivity index (χ2n) is 0.408. The number of hydrogen-bond acceptors (Lipinski definition) is 4. The fraction of sp³-hybridized carbons (Fsp3) is 0. The molecular weight excluding hydrogens is 199 g/mol. The normalized spacial score (nSPS) is 9.67. The quantitative estimate of drug-likeness (QED) is 0.274. The molecule has 0 aromatic heterocycles. The molecule has 0 aromatic rings. The van der Waals surface area contributed by atoms with Crippen LogP contribution in [0.15, 0.2) is 0 Å². The first-order chi connectivity index (χ1) is 2.00. The zero-order valence-electron chi connectivity index (χ0n) is 2.37. The molecule has 4 nitrogen and oxygen atoms in total. The largest absolute Gasteiger partial charge is 2.00 e. The van der Waals surface area contributed by atoms with Gasteiger partial charge in [0.05, 0.1) is 0 Å². The van der Waals surface area contributed by atoms with Crippen LogP contribution in [0.2, 0.25) is 0 Å². The van der Waals surface area contributed by atoms with Crippen LogP contribution in [0.5, 0.6) is 0 Å². The van der Waals surface area contributed by atoms with Gasteiger partial charge in [-0.05, 0) is 0 Å². The Balaban J connectivity index is 0. The molecule has 6 heavy (non-hydrogen) atoms. The van der Waals surface area contributed by atoms with E-state index in [1.165, 1.54) is 0 Å². The Morgan fingerprint density at radius 2 is 1.17 bits per heavy atom. The van der Waals surface area contributed by atoms with E-state index in [0.717, 1.165) is 0 Å². The molecule has 0 spiro atoms. The van der Waals surface area contributed by atoms with E-state index < -0.39 is 10.4 Å². The van der Waals surface area contributed by atoms with Gasteiger partial charge in [0.2, 0.25) is 0 Å². The van der Waals surface area contributed by atoms with Gasteiger partial charge in [-0.1, -0.05) is 0 Å². The molecule has 39 valence electrons. The second kappa shape index (κ2) is 2.63. The zero-order chi connectivity index (χ0) is 4.50. The van der Waals surface area contributed by atoms with Gasteiger partial charge in [0, 0.05) is 10.4 Å². The average Bonchev–Trinajstić information content (AvgIpc) is 0.722. The topological polar surface area (TPSA) is 80.3 Å². The van der Waals surface area contributed by atoms with Gasteiger partial charge in [0.15, 0.2) is 0 Å². The average molecular weight is 199 g/mol. The Morgan fingerprint density at radius 3 is 1.17 bits per heavy atom. The zero-order valence-corrected chi connectivity index (χ0v) is 4.83. The minimum Gasteiger partial charge on any atom is -0.759 e. The van der Waals surface area contributed by atoms with Crippen LogP contribution in [0.3, 0.4) is 0 Å². The van der Waals surface area contributed by atoms with E-state index >= 15 is 0 Å². The summed E-state index contributed by atoms with van der Waals surface area (Å²) in [5.74, 6) is 0. The minimum absolute atomic E-state index is 0. The predicted molar refractivity (Wildman–Crippen MR) is 10.5 cm³/mol. The van der Waals surface area contributed by atoms with E-state index in [1.54, 1.807) is 0 Å². The second-order valence-corrected chi connectivity index (χ2v) is 1.22. The summed E-state index contributed by atoms with van der Waals surface area (Å²) in [7, 11) is -5.17. The number of hydrogen-bond donors (Lipinski definition) is 0. The Morgan fingerprint density at radius 1 is 1.17 bits per heavy atom. The van der Waals surface area contributed by atoms with E-state index in [4.69, 9.17) is 17.5 Å². The van der Waals surface area contributed by atoms with Crippen molar-refractivity contribution in [3.8, 4) is 0 Å². The molecule has 0 rings (SSSR count). The summed E-state index contributed by atoms with van der Waals surface area (Å²) in [6.45, 7) is 0. The van der Waals surface area contributed by atoms with Crippen LogP contribution < -0.4 is 0 Å². The summed E-state index contributed by atoms with van der Waals surface area (Å²) in [6, 6.07) is 0. The van der Waals surface area contributed by atoms with Gasteiger partial charge in [-0.25, -0.2) is 0 Å². The van der Waals surface area contributed by atoms with E-state index in [-0.39, 0.29) is 19.5 Å². The molecule has 1 radical (unpaired) electrons. The Kier molecular flexibility index (Phi) is 4.25. The van der Waals surface area contributed by atoms with Crippen molar-refractivity contribution >= 4 is 10.4 Å². The van der Waals surface area contributed by atoms with E-state index in [2.05, 4.69) is 0 Å². The van der Waals surface area contributed by atoms with Crippen LogP contribution in [0, 0.1) is 0 Å². The Hall–Kier alpha value is 0.493. The van der Waals surface area contributed by atoms with E-state index in [9.17, 15) is 0 Å². The molecule has 0 amide bonds. The molecule has 0 heterocycles. The Bertz CT molecular complexity index is 90.7. The van der Waals surface area contributed by atoms with Crippen LogP contribution in [0.4, 0.5) is 0 Å². The molecule has 0 aliphatic carbocycles. The third-order valence-electron chi connectivity index (χ3n) is 0. The molecule has 0 aliphatic rings. The van der Waals surface area contributed by atoms with E-state index in [0.29, 0.717) is 0 Å². The van der Waals surface area contributed by atoms with Crippen LogP contribution in [-0.2, 0) is 29.9 Å². The van der Waals surface area contributed by atoms with Gasteiger partial charge >= 0.3 is 19.5 Å². The van der Waals surface area contributed by atoms with Crippen molar-refractivity contribution in [1.29, 1.82) is 0 Å². The van der Waals surface area contributed by atoms with Gasteiger partial charge in [0.1, 0.15) is 0 Å². The minimum atomic E-state index is -5.17. The first-order valence-corrected chi connectivity index (χ1v) is 2.00. The molecule has 0 saturated heterocycles. The molecule has 0 aliphatic heterocycles. The molecule has 0 saturated carbocycles. The summed E-state index contributed by atoms with van der Waals surface area (Å²) < 4.78 is 34.1. The van der Waals surface area contributed by atoms with Crippen molar-refractivity contribution in [2.24, 2.45) is 0 Å². The van der Waals surface area contributed by atoms with Crippen LogP contribution in [0.1, 0.15) is 0 Å². The van der Waals surface area contributed by atoms with E-state index in [1.807, 2.05) is 0 Å². The molecule has 0 N–H and O–H groups in total. The fourth-order valence-electron chi connectivity index (χ4n) is 0. The molecule has 0 aromatic carbocycles. The first-order valence-electron chi connectivity index (χ1n) is 0.667. The van der Waals surface area contributed by atoms with Crippen molar-refractivity contribution in [3.63, 3.8) is 0 Å². The first kappa shape index (κ1) is 9.71. The summed E-state index contributed by atoms with van der Waals surface area (Å²) in [6.07, 6.45) is 0. The van der Waals surface area contributed by atoms with Gasteiger partial charge in [-0.15, -0.1) is 0 Å². The summed E-state index contributed by atoms with van der Waals surface area (Å²) in [5, 5.41) is 0. The van der Waals surface area contributed by atoms with Gasteiger partial charge in [0.25, 0.3) is 0 Å². The number of rotatable bonds is 0. The Labute approximate surface area is 47.9 Å². The standard InChI is InChI=1S/H2O4S.Rh/c1-5(2,3)4;/h(H2,1,2,3,4);/q;+2/p-2. The van der Waals surface area contributed by atoms with Crippen molar-refractivity contribution in [2.75, 3.05) is 0 Å². The van der Waals surface area contributed by atoms with Crippen molar-refractivity contribution in [1.82, 2.24) is 0 Å². The summed E-state index contributed by atoms with van der Waals surface area (Å²) in [4.78, 5) is 0. The van der Waals surface area contributed by atoms with Gasteiger partial charge in [-0.3, -0.25) is 8.42 Å². The molecule has 6 heteroatoms. The van der Waals surface area contributed by atoms with Crippen molar-refractivity contribution in [2.45, 2.75) is 0 Å². The third kappa shape index (κ3) is 225. The maximum absolute atomic E-state index is 8.52. The van der Waals surface area contributed by atoms with Crippen molar-refractivity contribution < 1.29 is 37.0 Å². The molecule has 0 atom stereocenters. The molecule has 0 bridgehead atoms. The van der Waals surface area contributed by atoms with Gasteiger partial charge in [-0.2, -0.15) is 0 Å². The molecule has 0 fully saturated rings. The maximum Gasteiger partial charge on any atom is 2.00 e. The summed E-state index contributed by atoms with van der Waals surface area (Å²) in [5.41, 5.74) is 0. The monoisotopic (exact) mass is 199 g/mol. The van der Waals surface area contributed by atoms with Crippen LogP contribution in [-0.4, -0.2) is 17.5 Å². The fourth-order valence-corrected chi connectivity index (χ4v) is 0. The van der Waals surface area contributed by atoms with Gasteiger partial charge < -0.3 is 9.11 Å². The molecule has 0 unspecified atom stereocenters. The smallest absolute Gasteiger partial charge is 0.759 e. The third-order valence-corrected chi connectivity index (χ3v) is 0. The molecular formula is O4RhS. The SMILES string of the molecule is O=S(=O)([O-])[O-].[Rh+2]. The van der Waals surface area contributed by atoms with Crippen LogP contribution >= 0.6 is 0 Å². The summed E-state index contributed by atoms with van der Waals surface area (Å²) >= 11 is 0.